The van der Waals surface area contributed by atoms with E-state index in [0.29, 0.717) is 45.6 Å². The second-order valence-corrected chi connectivity index (χ2v) is 7.15. The van der Waals surface area contributed by atoms with Crippen molar-refractivity contribution >= 4 is 17.7 Å². The zero-order valence-electron chi connectivity index (χ0n) is 15.8. The van der Waals surface area contributed by atoms with Crippen molar-refractivity contribution in [1.29, 1.82) is 0 Å². The van der Waals surface area contributed by atoms with Gasteiger partial charge in [0.1, 0.15) is 6.61 Å². The number of methoxy groups -OCH3 is 1. The predicted molar refractivity (Wildman–Crippen MR) is 99.6 cm³/mol. The van der Waals surface area contributed by atoms with Crippen LogP contribution in [0.15, 0.2) is 30.3 Å². The first-order valence-electron chi connectivity index (χ1n) is 9.45. The van der Waals surface area contributed by atoms with Gasteiger partial charge in [-0.1, -0.05) is 30.3 Å². The normalized spacial score (nSPS) is 18.7. The maximum Gasteiger partial charge on any atom is 0.248 e. The minimum atomic E-state index is -0.106. The van der Waals surface area contributed by atoms with Crippen molar-refractivity contribution in [2.24, 2.45) is 5.92 Å². The maximum atomic E-state index is 12.8. The highest BCUT2D eigenvalue weighted by atomic mass is 16.5. The van der Waals surface area contributed by atoms with Crippen LogP contribution < -0.4 is 0 Å². The van der Waals surface area contributed by atoms with Gasteiger partial charge in [0.15, 0.2) is 0 Å². The molecule has 0 aliphatic carbocycles. The van der Waals surface area contributed by atoms with Crippen LogP contribution in [0.2, 0.25) is 0 Å². The molecule has 0 bridgehead atoms. The van der Waals surface area contributed by atoms with Crippen LogP contribution in [0.25, 0.3) is 0 Å². The van der Waals surface area contributed by atoms with E-state index in [9.17, 15) is 14.4 Å². The Morgan fingerprint density at radius 3 is 2.37 bits per heavy atom. The molecule has 7 heteroatoms. The summed E-state index contributed by atoms with van der Waals surface area (Å²) in [6.45, 7) is 3.08. The fourth-order valence-corrected chi connectivity index (χ4v) is 3.72. The summed E-state index contributed by atoms with van der Waals surface area (Å²) < 4.78 is 4.88. The number of piperidine rings is 1. The van der Waals surface area contributed by atoms with E-state index < -0.39 is 0 Å². The van der Waals surface area contributed by atoms with E-state index in [1.165, 1.54) is 7.11 Å². The van der Waals surface area contributed by atoms with E-state index in [4.69, 9.17) is 4.74 Å². The topological polar surface area (TPSA) is 70.2 Å². The maximum absolute atomic E-state index is 12.8. The van der Waals surface area contributed by atoms with Crippen LogP contribution in [-0.4, -0.2) is 78.9 Å². The second-order valence-electron chi connectivity index (χ2n) is 7.15. The Bertz CT molecular complexity index is 671. The van der Waals surface area contributed by atoms with Crippen LogP contribution in [0.5, 0.6) is 0 Å². The highest BCUT2D eigenvalue weighted by Crippen LogP contribution is 2.21. The van der Waals surface area contributed by atoms with Crippen molar-refractivity contribution in [1.82, 2.24) is 14.7 Å². The van der Waals surface area contributed by atoms with E-state index in [0.717, 1.165) is 5.56 Å². The molecular weight excluding hydrogens is 346 g/mol. The summed E-state index contributed by atoms with van der Waals surface area (Å²) in [5, 5.41) is 0. The lowest BCUT2D eigenvalue weighted by molar-refractivity contribution is -0.149. The molecule has 3 rings (SSSR count). The first kappa shape index (κ1) is 19.4. The minimum absolute atomic E-state index is 0.00818. The van der Waals surface area contributed by atoms with Gasteiger partial charge in [0.2, 0.25) is 17.7 Å². The number of carbonyl (C=O) groups excluding carboxylic acids is 3. The van der Waals surface area contributed by atoms with Gasteiger partial charge in [0.05, 0.1) is 6.54 Å². The van der Waals surface area contributed by atoms with Crippen molar-refractivity contribution < 1.29 is 19.1 Å². The number of nitrogens with zero attached hydrogens (tertiary/aromatic N) is 3. The Kier molecular flexibility index (Phi) is 6.45. The van der Waals surface area contributed by atoms with Crippen molar-refractivity contribution in [3.8, 4) is 0 Å². The van der Waals surface area contributed by atoms with Crippen LogP contribution in [0.1, 0.15) is 18.4 Å². The number of likely N-dealkylation sites (tertiary alicyclic amines) is 1. The fraction of sp³-hybridized carbons (Fsp3) is 0.550. The molecule has 146 valence electrons. The predicted octanol–water partition coefficient (Wildman–Crippen LogP) is 0.742. The van der Waals surface area contributed by atoms with Gasteiger partial charge in [-0.25, -0.2) is 0 Å². The molecule has 7 nitrogen and oxygen atoms in total. The number of piperazine rings is 1. The lowest BCUT2D eigenvalue weighted by Gasteiger charge is -2.38. The number of amides is 3. The van der Waals surface area contributed by atoms with Crippen LogP contribution in [0.4, 0.5) is 0 Å². The zero-order valence-corrected chi connectivity index (χ0v) is 15.8. The molecule has 2 aliphatic rings. The number of rotatable bonds is 5. The number of carbonyl (C=O) groups is 3. The molecular formula is C20H27N3O4. The third kappa shape index (κ3) is 4.86. The average Bonchev–Trinajstić information content (AvgIpc) is 2.70. The third-order valence-corrected chi connectivity index (χ3v) is 5.31. The molecule has 0 aromatic heterocycles. The zero-order chi connectivity index (χ0) is 19.2. The summed E-state index contributed by atoms with van der Waals surface area (Å²) in [7, 11) is 1.50. The molecule has 3 amide bonds. The smallest absolute Gasteiger partial charge is 0.248 e. The monoisotopic (exact) mass is 373 g/mol. The van der Waals surface area contributed by atoms with Crippen molar-refractivity contribution in [2.45, 2.75) is 19.4 Å². The van der Waals surface area contributed by atoms with Crippen molar-refractivity contribution in [3.05, 3.63) is 35.9 Å². The first-order valence-corrected chi connectivity index (χ1v) is 9.45. The largest absolute Gasteiger partial charge is 0.375 e. The van der Waals surface area contributed by atoms with Gasteiger partial charge in [-0.3, -0.25) is 14.4 Å². The van der Waals surface area contributed by atoms with E-state index in [-0.39, 0.29) is 36.8 Å². The molecule has 27 heavy (non-hydrogen) atoms. The van der Waals surface area contributed by atoms with Crippen LogP contribution in [0, 0.1) is 5.92 Å². The van der Waals surface area contributed by atoms with Gasteiger partial charge in [-0.2, -0.15) is 0 Å². The molecule has 2 heterocycles. The summed E-state index contributed by atoms with van der Waals surface area (Å²) >= 11 is 0. The van der Waals surface area contributed by atoms with Crippen molar-refractivity contribution in [3.63, 3.8) is 0 Å². The lowest BCUT2D eigenvalue weighted by atomic mass is 9.95. The molecule has 2 saturated heterocycles. The van der Waals surface area contributed by atoms with Gasteiger partial charge >= 0.3 is 0 Å². The fourth-order valence-electron chi connectivity index (χ4n) is 3.72. The quantitative estimate of drug-likeness (QED) is 0.763. The molecule has 0 spiro atoms. The number of benzene rings is 1. The van der Waals surface area contributed by atoms with Gasteiger partial charge < -0.3 is 19.4 Å². The van der Waals surface area contributed by atoms with E-state index >= 15 is 0 Å². The molecule has 2 aliphatic heterocycles. The molecule has 0 unspecified atom stereocenters. The SMILES string of the molecule is COCC(=O)N1CCC(C(=O)N2CCN(Cc3ccccc3)C(=O)C2)CC1. The minimum Gasteiger partial charge on any atom is -0.375 e. The van der Waals surface area contributed by atoms with Crippen molar-refractivity contribution in [2.75, 3.05) is 46.4 Å². The van der Waals surface area contributed by atoms with Crippen LogP contribution >= 0.6 is 0 Å². The molecule has 0 N–H and O–H groups in total. The summed E-state index contributed by atoms with van der Waals surface area (Å²) in [6, 6.07) is 9.88. The van der Waals surface area contributed by atoms with E-state index in [2.05, 4.69) is 0 Å². The number of ether oxygens (including phenoxy) is 1. The van der Waals surface area contributed by atoms with Crippen LogP contribution in [0.3, 0.4) is 0 Å². The Hall–Kier alpha value is -2.41. The Balaban J connectivity index is 1.48. The summed E-state index contributed by atoms with van der Waals surface area (Å²) in [6.07, 6.45) is 1.29. The van der Waals surface area contributed by atoms with Gasteiger partial charge in [0, 0.05) is 45.8 Å². The Morgan fingerprint density at radius 1 is 1.04 bits per heavy atom. The molecule has 0 atom stereocenters. The number of hydrogen-bond acceptors (Lipinski definition) is 4. The van der Waals surface area contributed by atoms with Gasteiger partial charge in [-0.05, 0) is 18.4 Å². The molecule has 1 aromatic carbocycles. The second kappa shape index (κ2) is 8.99. The lowest BCUT2D eigenvalue weighted by Crippen LogP contribution is -2.54. The standard InChI is InChI=1S/C20H27N3O4/c1-27-15-19(25)21-9-7-17(8-10-21)20(26)23-12-11-22(18(24)14-23)13-16-5-3-2-4-6-16/h2-6,17H,7-15H2,1H3. The summed E-state index contributed by atoms with van der Waals surface area (Å²) in [5.74, 6) is -0.106. The van der Waals surface area contributed by atoms with Crippen LogP contribution in [-0.2, 0) is 25.7 Å². The molecule has 0 saturated carbocycles. The summed E-state index contributed by atoms with van der Waals surface area (Å²) in [4.78, 5) is 42.4. The van der Waals surface area contributed by atoms with E-state index in [1.54, 1.807) is 9.80 Å². The molecule has 0 radical (unpaired) electrons. The first-order chi connectivity index (χ1) is 13.1. The average molecular weight is 373 g/mol. The molecule has 2 fully saturated rings. The molecule has 1 aromatic rings. The highest BCUT2D eigenvalue weighted by molar-refractivity contribution is 5.87. The van der Waals surface area contributed by atoms with E-state index in [1.807, 2.05) is 35.2 Å². The Morgan fingerprint density at radius 2 is 1.74 bits per heavy atom. The van der Waals surface area contributed by atoms with Gasteiger partial charge in [-0.15, -0.1) is 0 Å². The highest BCUT2D eigenvalue weighted by Gasteiger charge is 2.33. The number of hydrogen-bond donors (Lipinski definition) is 0. The third-order valence-electron chi connectivity index (χ3n) is 5.31. The van der Waals surface area contributed by atoms with Gasteiger partial charge in [0.25, 0.3) is 0 Å². The Labute approximate surface area is 159 Å². The summed E-state index contributed by atoms with van der Waals surface area (Å²) in [5.41, 5.74) is 1.10.